The summed E-state index contributed by atoms with van der Waals surface area (Å²) in [6.07, 6.45) is 0.970. The van der Waals surface area contributed by atoms with E-state index in [0.717, 1.165) is 17.7 Å². The van der Waals surface area contributed by atoms with Gasteiger partial charge in [-0.2, -0.15) is 0 Å². The Morgan fingerprint density at radius 1 is 1.44 bits per heavy atom. The highest BCUT2D eigenvalue weighted by atomic mass is 16.5. The molecule has 0 aliphatic heterocycles. The molecule has 0 radical (unpaired) electrons. The number of carbonyl (C=O) groups is 1. The lowest BCUT2D eigenvalue weighted by atomic mass is 10.1. The maximum absolute atomic E-state index is 11.7. The van der Waals surface area contributed by atoms with E-state index in [4.69, 9.17) is 4.74 Å². The Morgan fingerprint density at radius 3 is 2.72 bits per heavy atom. The summed E-state index contributed by atoms with van der Waals surface area (Å²) in [5.74, 6) is -0.0593. The summed E-state index contributed by atoms with van der Waals surface area (Å²) in [7, 11) is 3.33. The molecule has 2 N–H and O–H groups in total. The van der Waals surface area contributed by atoms with E-state index in [0.29, 0.717) is 12.2 Å². The predicted molar refractivity (Wildman–Crippen MR) is 74.1 cm³/mol. The van der Waals surface area contributed by atoms with Gasteiger partial charge in [-0.1, -0.05) is 13.0 Å². The highest BCUT2D eigenvalue weighted by Crippen LogP contribution is 2.20. The predicted octanol–water partition coefficient (Wildman–Crippen LogP) is 2.19. The smallest absolute Gasteiger partial charge is 0.251 e. The van der Waals surface area contributed by atoms with Gasteiger partial charge in [-0.05, 0) is 31.0 Å². The molecule has 4 nitrogen and oxygen atoms in total. The standard InChI is InChI=1S/C14H22N2O2/c1-5-11(9-18-4)16-13-8-6-7-12(10(13)2)14(17)15-3/h6-8,11,16H,5,9H2,1-4H3,(H,15,17). The van der Waals surface area contributed by atoms with Gasteiger partial charge in [-0.25, -0.2) is 0 Å². The van der Waals surface area contributed by atoms with Gasteiger partial charge in [0.25, 0.3) is 5.91 Å². The third-order valence-corrected chi connectivity index (χ3v) is 3.03. The number of hydrogen-bond donors (Lipinski definition) is 2. The first-order valence-corrected chi connectivity index (χ1v) is 6.21. The zero-order chi connectivity index (χ0) is 13.5. The van der Waals surface area contributed by atoms with Gasteiger partial charge in [0, 0.05) is 31.5 Å². The number of nitrogens with one attached hydrogen (secondary N) is 2. The van der Waals surface area contributed by atoms with E-state index in [1.165, 1.54) is 0 Å². The fourth-order valence-electron chi connectivity index (χ4n) is 1.86. The SMILES string of the molecule is CCC(COC)Nc1cccc(C(=O)NC)c1C. The maximum atomic E-state index is 11.7. The van der Waals surface area contributed by atoms with Gasteiger partial charge in [0.1, 0.15) is 0 Å². The van der Waals surface area contributed by atoms with Gasteiger partial charge < -0.3 is 15.4 Å². The molecule has 1 unspecified atom stereocenters. The topological polar surface area (TPSA) is 50.4 Å². The Bertz CT molecular complexity index is 405. The molecular weight excluding hydrogens is 228 g/mol. The van der Waals surface area contributed by atoms with Crippen molar-refractivity contribution in [2.24, 2.45) is 0 Å². The van der Waals surface area contributed by atoms with E-state index >= 15 is 0 Å². The third-order valence-electron chi connectivity index (χ3n) is 3.03. The lowest BCUT2D eigenvalue weighted by Crippen LogP contribution is -2.25. The molecule has 1 aromatic rings. The molecule has 0 aliphatic carbocycles. The fraction of sp³-hybridized carbons (Fsp3) is 0.500. The van der Waals surface area contributed by atoms with Crippen LogP contribution in [-0.4, -0.2) is 32.7 Å². The van der Waals surface area contributed by atoms with Crippen LogP contribution in [-0.2, 0) is 4.74 Å². The molecule has 0 aliphatic rings. The van der Waals surface area contributed by atoms with E-state index in [2.05, 4.69) is 17.6 Å². The summed E-state index contributed by atoms with van der Waals surface area (Å²) in [4.78, 5) is 11.7. The highest BCUT2D eigenvalue weighted by molar-refractivity contribution is 5.96. The molecule has 1 rings (SSSR count). The Kier molecular flexibility index (Phi) is 5.65. The summed E-state index contributed by atoms with van der Waals surface area (Å²) < 4.78 is 5.16. The number of hydrogen-bond acceptors (Lipinski definition) is 3. The minimum atomic E-state index is -0.0593. The van der Waals surface area contributed by atoms with E-state index in [1.807, 2.05) is 25.1 Å². The van der Waals surface area contributed by atoms with E-state index in [1.54, 1.807) is 14.2 Å². The highest BCUT2D eigenvalue weighted by Gasteiger charge is 2.12. The van der Waals surface area contributed by atoms with Gasteiger partial charge in [0.05, 0.1) is 6.61 Å². The molecule has 0 heterocycles. The molecule has 1 atom stereocenters. The first-order valence-electron chi connectivity index (χ1n) is 6.21. The van der Waals surface area contributed by atoms with Crippen LogP contribution in [0.3, 0.4) is 0 Å². The molecular formula is C14H22N2O2. The van der Waals surface area contributed by atoms with Crippen LogP contribution >= 0.6 is 0 Å². The summed E-state index contributed by atoms with van der Waals surface area (Å²) in [6.45, 7) is 4.71. The lowest BCUT2D eigenvalue weighted by molar-refractivity contribution is 0.0962. The zero-order valence-electron chi connectivity index (χ0n) is 11.5. The van der Waals surface area contributed by atoms with Crippen LogP contribution in [0.4, 0.5) is 5.69 Å². The number of benzene rings is 1. The van der Waals surface area contributed by atoms with Gasteiger partial charge >= 0.3 is 0 Å². The third kappa shape index (κ3) is 3.47. The van der Waals surface area contributed by atoms with Crippen molar-refractivity contribution in [3.63, 3.8) is 0 Å². The number of anilines is 1. The average Bonchev–Trinajstić information content (AvgIpc) is 2.39. The van der Waals surface area contributed by atoms with E-state index < -0.39 is 0 Å². The average molecular weight is 250 g/mol. The van der Waals surface area contributed by atoms with E-state index in [9.17, 15) is 4.79 Å². The first kappa shape index (κ1) is 14.5. The molecule has 0 bridgehead atoms. The van der Waals surface area contributed by atoms with Crippen molar-refractivity contribution in [1.29, 1.82) is 0 Å². The minimum Gasteiger partial charge on any atom is -0.383 e. The van der Waals surface area contributed by atoms with Gasteiger partial charge in [0.15, 0.2) is 0 Å². The van der Waals surface area contributed by atoms with Crippen LogP contribution in [0, 0.1) is 6.92 Å². The number of ether oxygens (including phenoxy) is 1. The van der Waals surface area contributed by atoms with Crippen molar-refractivity contribution < 1.29 is 9.53 Å². The second-order valence-electron chi connectivity index (χ2n) is 4.26. The van der Waals surface area contributed by atoms with Gasteiger partial charge in [0.2, 0.25) is 0 Å². The van der Waals surface area contributed by atoms with E-state index in [-0.39, 0.29) is 11.9 Å². The summed E-state index contributed by atoms with van der Waals surface area (Å²) in [5, 5.41) is 6.06. The molecule has 0 saturated heterocycles. The maximum Gasteiger partial charge on any atom is 0.251 e. The van der Waals surface area contributed by atoms with Crippen LogP contribution < -0.4 is 10.6 Å². The zero-order valence-corrected chi connectivity index (χ0v) is 11.5. The molecule has 0 saturated carbocycles. The monoisotopic (exact) mass is 250 g/mol. The molecule has 1 aromatic carbocycles. The minimum absolute atomic E-state index is 0.0593. The van der Waals surface area contributed by atoms with Crippen molar-refractivity contribution in [1.82, 2.24) is 5.32 Å². The number of carbonyl (C=O) groups excluding carboxylic acids is 1. The summed E-state index contributed by atoms with van der Waals surface area (Å²) in [6, 6.07) is 5.96. The first-order chi connectivity index (χ1) is 8.63. The van der Waals surface area contributed by atoms with Crippen LogP contribution in [0.2, 0.25) is 0 Å². The van der Waals surface area contributed by atoms with Crippen molar-refractivity contribution in [2.75, 3.05) is 26.1 Å². The second-order valence-corrected chi connectivity index (χ2v) is 4.26. The number of methoxy groups -OCH3 is 1. The summed E-state index contributed by atoms with van der Waals surface area (Å²) in [5.41, 5.74) is 2.65. The normalized spacial score (nSPS) is 12.0. The van der Waals surface area contributed by atoms with Crippen LogP contribution in [0.1, 0.15) is 29.3 Å². The van der Waals surface area contributed by atoms with Crippen molar-refractivity contribution in [3.8, 4) is 0 Å². The van der Waals surface area contributed by atoms with Gasteiger partial charge in [-0.3, -0.25) is 4.79 Å². The Morgan fingerprint density at radius 2 is 2.17 bits per heavy atom. The molecule has 4 heteroatoms. The lowest BCUT2D eigenvalue weighted by Gasteiger charge is -2.20. The molecule has 1 amide bonds. The summed E-state index contributed by atoms with van der Waals surface area (Å²) >= 11 is 0. The Labute approximate surface area is 109 Å². The molecule has 18 heavy (non-hydrogen) atoms. The Hall–Kier alpha value is -1.55. The second kappa shape index (κ2) is 7.01. The molecule has 0 fully saturated rings. The Balaban J connectivity index is 2.92. The van der Waals surface area contributed by atoms with Crippen LogP contribution in [0.5, 0.6) is 0 Å². The van der Waals surface area contributed by atoms with Crippen molar-refractivity contribution in [2.45, 2.75) is 26.3 Å². The number of rotatable bonds is 6. The van der Waals surface area contributed by atoms with Crippen LogP contribution in [0.15, 0.2) is 18.2 Å². The van der Waals surface area contributed by atoms with Crippen molar-refractivity contribution in [3.05, 3.63) is 29.3 Å². The molecule has 0 aromatic heterocycles. The van der Waals surface area contributed by atoms with Crippen LogP contribution in [0.25, 0.3) is 0 Å². The van der Waals surface area contributed by atoms with Gasteiger partial charge in [-0.15, -0.1) is 0 Å². The number of amides is 1. The largest absolute Gasteiger partial charge is 0.383 e. The molecule has 0 spiro atoms. The molecule has 100 valence electrons. The quantitative estimate of drug-likeness (QED) is 0.813. The van der Waals surface area contributed by atoms with Crippen molar-refractivity contribution >= 4 is 11.6 Å². The fourth-order valence-corrected chi connectivity index (χ4v) is 1.86.